The largest absolute Gasteiger partial charge is 0.493 e. The summed E-state index contributed by atoms with van der Waals surface area (Å²) in [5.41, 5.74) is 2.14. The molecule has 1 saturated heterocycles. The summed E-state index contributed by atoms with van der Waals surface area (Å²) in [7, 11) is 0. The van der Waals surface area contributed by atoms with E-state index >= 15 is 0 Å². The molecule has 4 heteroatoms. The van der Waals surface area contributed by atoms with Crippen LogP contribution < -0.4 is 10.1 Å². The van der Waals surface area contributed by atoms with E-state index in [0.29, 0.717) is 26.4 Å². The van der Waals surface area contributed by atoms with Crippen molar-refractivity contribution in [1.29, 1.82) is 0 Å². The Kier molecular flexibility index (Phi) is 5.16. The van der Waals surface area contributed by atoms with Crippen LogP contribution in [0.25, 0.3) is 0 Å². The number of rotatable bonds is 8. The molecule has 4 nitrogen and oxygen atoms in total. The molecule has 0 bridgehead atoms. The Morgan fingerprint density at radius 1 is 1.09 bits per heavy atom. The molecule has 23 heavy (non-hydrogen) atoms. The van der Waals surface area contributed by atoms with E-state index in [2.05, 4.69) is 17.4 Å². The summed E-state index contributed by atoms with van der Waals surface area (Å²) in [6.07, 6.45) is 0.892. The Morgan fingerprint density at radius 3 is 2.61 bits per heavy atom. The molecule has 3 rings (SSSR count). The molecule has 2 aromatic rings. The molecule has 0 aromatic heterocycles. The molecule has 2 N–H and O–H groups in total. The second-order valence-electron chi connectivity index (χ2n) is 6.12. The van der Waals surface area contributed by atoms with Crippen molar-refractivity contribution in [3.63, 3.8) is 0 Å². The van der Waals surface area contributed by atoms with Crippen molar-refractivity contribution in [3.05, 3.63) is 60.2 Å². The van der Waals surface area contributed by atoms with E-state index in [9.17, 15) is 5.11 Å². The highest BCUT2D eigenvalue weighted by Gasteiger charge is 2.37. The first-order valence-electron chi connectivity index (χ1n) is 7.99. The zero-order valence-electron chi connectivity index (χ0n) is 13.2. The number of hydrogen-bond acceptors (Lipinski definition) is 4. The zero-order chi connectivity index (χ0) is 16.0. The molecule has 1 aliphatic heterocycles. The lowest BCUT2D eigenvalue weighted by Crippen LogP contribution is -2.50. The first-order chi connectivity index (χ1) is 11.3. The van der Waals surface area contributed by atoms with E-state index in [1.54, 1.807) is 0 Å². The molecule has 0 saturated carbocycles. The number of nitrogens with one attached hydrogen (secondary N) is 1. The first-order valence-corrected chi connectivity index (χ1v) is 7.99. The Hall–Kier alpha value is -2.04. The SMILES string of the molecule is OCC1(CNc2cccc(OCCc3ccccc3)c2)COC1. The van der Waals surface area contributed by atoms with Crippen LogP contribution in [-0.4, -0.2) is 38.1 Å². The van der Waals surface area contributed by atoms with Crippen LogP contribution in [0.15, 0.2) is 54.6 Å². The molecule has 0 radical (unpaired) electrons. The van der Waals surface area contributed by atoms with Gasteiger partial charge in [-0.05, 0) is 17.7 Å². The van der Waals surface area contributed by atoms with Gasteiger partial charge in [-0.25, -0.2) is 0 Å². The monoisotopic (exact) mass is 313 g/mol. The van der Waals surface area contributed by atoms with Gasteiger partial charge >= 0.3 is 0 Å². The van der Waals surface area contributed by atoms with Crippen molar-refractivity contribution in [2.24, 2.45) is 5.41 Å². The lowest BCUT2D eigenvalue weighted by Gasteiger charge is -2.40. The predicted molar refractivity (Wildman–Crippen MR) is 90.9 cm³/mol. The normalized spacial score (nSPS) is 15.7. The summed E-state index contributed by atoms with van der Waals surface area (Å²) < 4.78 is 11.0. The summed E-state index contributed by atoms with van der Waals surface area (Å²) in [6.45, 7) is 2.74. The molecule has 0 unspecified atom stereocenters. The minimum absolute atomic E-state index is 0.135. The third-order valence-corrected chi connectivity index (χ3v) is 4.16. The van der Waals surface area contributed by atoms with Gasteiger partial charge in [-0.1, -0.05) is 36.4 Å². The van der Waals surface area contributed by atoms with Crippen LogP contribution in [0.3, 0.4) is 0 Å². The predicted octanol–water partition coefficient (Wildman–Crippen LogP) is 2.73. The van der Waals surface area contributed by atoms with Gasteiger partial charge < -0.3 is 19.9 Å². The van der Waals surface area contributed by atoms with E-state index in [1.165, 1.54) is 5.56 Å². The molecule has 122 valence electrons. The fraction of sp³-hybridized carbons (Fsp3) is 0.368. The van der Waals surface area contributed by atoms with Crippen molar-refractivity contribution in [2.75, 3.05) is 38.3 Å². The molecule has 0 spiro atoms. The Bertz CT molecular complexity index is 606. The minimum Gasteiger partial charge on any atom is -0.493 e. The maximum absolute atomic E-state index is 9.45. The Labute approximate surface area is 137 Å². The lowest BCUT2D eigenvalue weighted by atomic mass is 9.87. The van der Waals surface area contributed by atoms with Crippen LogP contribution in [-0.2, 0) is 11.2 Å². The first kappa shape index (κ1) is 15.8. The third kappa shape index (κ3) is 4.24. The van der Waals surface area contributed by atoms with Crippen LogP contribution >= 0.6 is 0 Å². The van der Waals surface area contributed by atoms with Crippen LogP contribution in [0.1, 0.15) is 5.56 Å². The van der Waals surface area contributed by atoms with Crippen molar-refractivity contribution >= 4 is 5.69 Å². The van der Waals surface area contributed by atoms with Crippen LogP contribution in [0, 0.1) is 5.41 Å². The Balaban J connectivity index is 1.49. The van der Waals surface area contributed by atoms with Gasteiger partial charge in [-0.2, -0.15) is 0 Å². The smallest absolute Gasteiger partial charge is 0.121 e. The molecule has 2 aromatic carbocycles. The number of benzene rings is 2. The van der Waals surface area contributed by atoms with E-state index in [0.717, 1.165) is 17.9 Å². The number of aliphatic hydroxyl groups excluding tert-OH is 1. The maximum atomic E-state index is 9.45. The molecule has 1 fully saturated rings. The maximum Gasteiger partial charge on any atom is 0.121 e. The van der Waals surface area contributed by atoms with E-state index in [4.69, 9.17) is 9.47 Å². The van der Waals surface area contributed by atoms with Crippen LogP contribution in [0.2, 0.25) is 0 Å². The number of hydrogen-bond donors (Lipinski definition) is 2. The van der Waals surface area contributed by atoms with Crippen molar-refractivity contribution in [1.82, 2.24) is 0 Å². The highest BCUT2D eigenvalue weighted by Crippen LogP contribution is 2.27. The summed E-state index contributed by atoms with van der Waals surface area (Å²) in [5.74, 6) is 0.855. The molecule has 0 atom stereocenters. The number of ether oxygens (including phenoxy) is 2. The lowest BCUT2D eigenvalue weighted by molar-refractivity contribution is -0.128. The summed E-state index contributed by atoms with van der Waals surface area (Å²) in [6, 6.07) is 18.3. The molecule has 1 heterocycles. The van der Waals surface area contributed by atoms with Crippen LogP contribution in [0.5, 0.6) is 5.75 Å². The second kappa shape index (κ2) is 7.49. The highest BCUT2D eigenvalue weighted by atomic mass is 16.5. The highest BCUT2D eigenvalue weighted by molar-refractivity contribution is 5.48. The molecule has 1 aliphatic rings. The fourth-order valence-corrected chi connectivity index (χ4v) is 2.56. The van der Waals surface area contributed by atoms with Gasteiger partial charge in [-0.15, -0.1) is 0 Å². The third-order valence-electron chi connectivity index (χ3n) is 4.16. The molecule has 0 amide bonds. The number of aliphatic hydroxyl groups is 1. The van der Waals surface area contributed by atoms with Gasteiger partial charge in [0.2, 0.25) is 0 Å². The van der Waals surface area contributed by atoms with Gasteiger partial charge in [0.05, 0.1) is 31.8 Å². The fourth-order valence-electron chi connectivity index (χ4n) is 2.56. The van der Waals surface area contributed by atoms with E-state index in [-0.39, 0.29) is 12.0 Å². The average Bonchev–Trinajstić information content (AvgIpc) is 2.56. The minimum atomic E-state index is -0.135. The quantitative estimate of drug-likeness (QED) is 0.787. The van der Waals surface area contributed by atoms with Crippen molar-refractivity contribution in [3.8, 4) is 5.75 Å². The zero-order valence-corrected chi connectivity index (χ0v) is 13.2. The van der Waals surface area contributed by atoms with Crippen molar-refractivity contribution < 1.29 is 14.6 Å². The van der Waals surface area contributed by atoms with Gasteiger partial charge in [-0.3, -0.25) is 0 Å². The molecule has 0 aliphatic carbocycles. The number of anilines is 1. The summed E-state index contributed by atoms with van der Waals surface area (Å²) >= 11 is 0. The van der Waals surface area contributed by atoms with Crippen molar-refractivity contribution in [2.45, 2.75) is 6.42 Å². The summed E-state index contributed by atoms with van der Waals surface area (Å²) in [5, 5.41) is 12.8. The standard InChI is InChI=1S/C19H23NO3/c21-13-19(14-22-15-19)12-20-17-7-4-8-18(11-17)23-10-9-16-5-2-1-3-6-16/h1-8,11,20-21H,9-10,12-15H2. The van der Waals surface area contributed by atoms with E-state index < -0.39 is 0 Å². The second-order valence-corrected chi connectivity index (χ2v) is 6.12. The van der Waals surface area contributed by atoms with E-state index in [1.807, 2.05) is 42.5 Å². The Morgan fingerprint density at radius 2 is 1.91 bits per heavy atom. The average molecular weight is 313 g/mol. The van der Waals surface area contributed by atoms with Crippen LogP contribution in [0.4, 0.5) is 5.69 Å². The van der Waals surface area contributed by atoms with Gasteiger partial charge in [0.25, 0.3) is 0 Å². The topological polar surface area (TPSA) is 50.7 Å². The van der Waals surface area contributed by atoms with Gasteiger partial charge in [0, 0.05) is 24.7 Å². The molecular formula is C19H23NO3. The van der Waals surface area contributed by atoms with Gasteiger partial charge in [0.1, 0.15) is 5.75 Å². The summed E-state index contributed by atoms with van der Waals surface area (Å²) in [4.78, 5) is 0. The van der Waals surface area contributed by atoms with Gasteiger partial charge in [0.15, 0.2) is 0 Å². The molecular weight excluding hydrogens is 290 g/mol.